The number of esters is 1. The number of methoxy groups -OCH3 is 1. The highest BCUT2D eigenvalue weighted by Gasteiger charge is 2.10. The number of benzene rings is 1. The Hall–Kier alpha value is -3.08. The molecule has 3 rings (SSSR count). The van der Waals surface area contributed by atoms with Crippen LogP contribution in [0.5, 0.6) is 11.5 Å². The number of nitrogens with zero attached hydrogens (tertiary/aromatic N) is 2. The molecule has 0 fully saturated rings. The lowest BCUT2D eigenvalue weighted by Crippen LogP contribution is -2.01. The summed E-state index contributed by atoms with van der Waals surface area (Å²) in [5.74, 6) is 0.886. The second-order valence-corrected chi connectivity index (χ2v) is 5.52. The number of carbonyl (C=O) groups excluding carboxylic acids is 1. The standard InChI is InChI=1S/C19H18N2O3/c1-13-4-5-14(19(22)23-3)10-18(13)24-16-6-8-20-17(11-16)15-7-9-21(2)12-15/h4-12H,1-3H3. The molecule has 0 unspecified atom stereocenters. The second kappa shape index (κ2) is 6.58. The molecule has 0 radical (unpaired) electrons. The molecule has 122 valence electrons. The van der Waals surface area contributed by atoms with Gasteiger partial charge in [-0.25, -0.2) is 4.79 Å². The molecule has 2 heterocycles. The van der Waals surface area contributed by atoms with E-state index in [1.807, 2.05) is 49.1 Å². The molecular weight excluding hydrogens is 304 g/mol. The zero-order valence-corrected chi connectivity index (χ0v) is 13.8. The lowest BCUT2D eigenvalue weighted by atomic mass is 10.1. The molecule has 0 atom stereocenters. The first-order valence-electron chi connectivity index (χ1n) is 7.52. The number of aryl methyl sites for hydroxylation is 2. The van der Waals surface area contributed by atoms with Crippen LogP contribution in [0.2, 0.25) is 0 Å². The Labute approximate surface area is 140 Å². The molecular formula is C19H18N2O3. The average molecular weight is 322 g/mol. The largest absolute Gasteiger partial charge is 0.465 e. The van der Waals surface area contributed by atoms with Crippen molar-refractivity contribution in [2.24, 2.45) is 7.05 Å². The van der Waals surface area contributed by atoms with Crippen LogP contribution in [-0.4, -0.2) is 22.6 Å². The fourth-order valence-electron chi connectivity index (χ4n) is 2.37. The summed E-state index contributed by atoms with van der Waals surface area (Å²) in [5.41, 5.74) is 3.23. The number of hydrogen-bond donors (Lipinski definition) is 0. The quantitative estimate of drug-likeness (QED) is 0.682. The smallest absolute Gasteiger partial charge is 0.337 e. The van der Waals surface area contributed by atoms with Gasteiger partial charge in [0.05, 0.1) is 18.4 Å². The number of carbonyl (C=O) groups is 1. The highest BCUT2D eigenvalue weighted by Crippen LogP contribution is 2.28. The summed E-state index contributed by atoms with van der Waals surface area (Å²) in [6.45, 7) is 1.93. The van der Waals surface area contributed by atoms with Gasteiger partial charge in [0.25, 0.3) is 0 Å². The van der Waals surface area contributed by atoms with Crippen molar-refractivity contribution < 1.29 is 14.3 Å². The fourth-order valence-corrected chi connectivity index (χ4v) is 2.37. The first-order chi connectivity index (χ1) is 11.6. The van der Waals surface area contributed by atoms with E-state index in [9.17, 15) is 4.79 Å². The summed E-state index contributed by atoms with van der Waals surface area (Å²) < 4.78 is 12.7. The number of rotatable bonds is 4. The van der Waals surface area contributed by atoms with Crippen molar-refractivity contribution in [1.29, 1.82) is 0 Å². The molecule has 0 saturated carbocycles. The van der Waals surface area contributed by atoms with Gasteiger partial charge < -0.3 is 14.0 Å². The van der Waals surface area contributed by atoms with Crippen molar-refractivity contribution in [2.45, 2.75) is 6.92 Å². The van der Waals surface area contributed by atoms with Gasteiger partial charge in [-0.3, -0.25) is 4.98 Å². The summed E-state index contributed by atoms with van der Waals surface area (Å²) in [6, 6.07) is 10.9. The SMILES string of the molecule is COC(=O)c1ccc(C)c(Oc2ccnc(-c3ccn(C)c3)c2)c1. The predicted molar refractivity (Wildman–Crippen MR) is 91.2 cm³/mol. The summed E-state index contributed by atoms with van der Waals surface area (Å²) in [6.07, 6.45) is 5.67. The van der Waals surface area contributed by atoms with E-state index in [1.165, 1.54) is 7.11 Å². The van der Waals surface area contributed by atoms with E-state index < -0.39 is 0 Å². The average Bonchev–Trinajstić information content (AvgIpc) is 3.03. The summed E-state index contributed by atoms with van der Waals surface area (Å²) in [4.78, 5) is 16.1. The van der Waals surface area contributed by atoms with Crippen molar-refractivity contribution in [3.63, 3.8) is 0 Å². The highest BCUT2D eigenvalue weighted by molar-refractivity contribution is 5.89. The van der Waals surface area contributed by atoms with Crippen LogP contribution in [0.1, 0.15) is 15.9 Å². The summed E-state index contributed by atoms with van der Waals surface area (Å²) >= 11 is 0. The van der Waals surface area contributed by atoms with E-state index >= 15 is 0 Å². The molecule has 24 heavy (non-hydrogen) atoms. The Balaban J connectivity index is 1.90. The molecule has 3 aromatic rings. The van der Waals surface area contributed by atoms with E-state index in [0.29, 0.717) is 17.1 Å². The zero-order valence-electron chi connectivity index (χ0n) is 13.8. The molecule has 2 aromatic heterocycles. The Morgan fingerprint density at radius 2 is 2.00 bits per heavy atom. The molecule has 0 saturated heterocycles. The predicted octanol–water partition coefficient (Wildman–Crippen LogP) is 3.97. The van der Waals surface area contributed by atoms with E-state index in [4.69, 9.17) is 9.47 Å². The van der Waals surface area contributed by atoms with Gasteiger partial charge in [-0.15, -0.1) is 0 Å². The minimum absolute atomic E-state index is 0.389. The van der Waals surface area contributed by atoms with Crippen LogP contribution in [0.4, 0.5) is 0 Å². The van der Waals surface area contributed by atoms with E-state index in [0.717, 1.165) is 16.8 Å². The molecule has 0 bridgehead atoms. The summed E-state index contributed by atoms with van der Waals surface area (Å²) in [7, 11) is 3.32. The van der Waals surface area contributed by atoms with Crippen LogP contribution in [0.25, 0.3) is 11.3 Å². The number of aromatic nitrogens is 2. The number of pyridine rings is 1. The highest BCUT2D eigenvalue weighted by atomic mass is 16.5. The van der Waals surface area contributed by atoms with Crippen molar-refractivity contribution >= 4 is 5.97 Å². The zero-order chi connectivity index (χ0) is 17.1. The molecule has 5 heteroatoms. The van der Waals surface area contributed by atoms with Gasteiger partial charge >= 0.3 is 5.97 Å². The molecule has 0 aliphatic heterocycles. The van der Waals surface area contributed by atoms with Crippen molar-refractivity contribution in [2.75, 3.05) is 7.11 Å². The maximum atomic E-state index is 11.7. The van der Waals surface area contributed by atoms with Crippen LogP contribution in [-0.2, 0) is 11.8 Å². The third-order valence-electron chi connectivity index (χ3n) is 3.70. The normalized spacial score (nSPS) is 10.5. The van der Waals surface area contributed by atoms with Crippen molar-refractivity contribution in [3.05, 3.63) is 66.1 Å². The number of hydrogen-bond acceptors (Lipinski definition) is 4. The monoisotopic (exact) mass is 322 g/mol. The minimum atomic E-state index is -0.389. The van der Waals surface area contributed by atoms with Gasteiger partial charge in [0.15, 0.2) is 0 Å². The first kappa shape index (κ1) is 15.8. The molecule has 0 aliphatic carbocycles. The van der Waals surface area contributed by atoms with E-state index in [2.05, 4.69) is 4.98 Å². The maximum Gasteiger partial charge on any atom is 0.337 e. The second-order valence-electron chi connectivity index (χ2n) is 5.52. The van der Waals surface area contributed by atoms with Gasteiger partial charge in [-0.2, -0.15) is 0 Å². The summed E-state index contributed by atoms with van der Waals surface area (Å²) in [5, 5.41) is 0. The van der Waals surface area contributed by atoms with Gasteiger partial charge in [0.2, 0.25) is 0 Å². The van der Waals surface area contributed by atoms with Gasteiger partial charge in [0, 0.05) is 37.3 Å². The molecule has 0 amide bonds. The third-order valence-corrected chi connectivity index (χ3v) is 3.70. The van der Waals surface area contributed by atoms with E-state index in [-0.39, 0.29) is 5.97 Å². The van der Waals surface area contributed by atoms with Gasteiger partial charge in [-0.05, 0) is 36.8 Å². The van der Waals surface area contributed by atoms with Crippen molar-refractivity contribution in [1.82, 2.24) is 9.55 Å². The van der Waals surface area contributed by atoms with Crippen LogP contribution in [0.15, 0.2) is 55.0 Å². The van der Waals surface area contributed by atoms with Crippen molar-refractivity contribution in [3.8, 4) is 22.8 Å². The topological polar surface area (TPSA) is 53.4 Å². The Kier molecular flexibility index (Phi) is 4.33. The van der Waals surface area contributed by atoms with Crippen LogP contribution < -0.4 is 4.74 Å². The lowest BCUT2D eigenvalue weighted by Gasteiger charge is -2.11. The molecule has 5 nitrogen and oxygen atoms in total. The minimum Gasteiger partial charge on any atom is -0.465 e. The molecule has 1 aromatic carbocycles. The maximum absolute atomic E-state index is 11.7. The first-order valence-corrected chi connectivity index (χ1v) is 7.52. The van der Waals surface area contributed by atoms with Gasteiger partial charge in [-0.1, -0.05) is 6.07 Å². The van der Waals surface area contributed by atoms with Crippen LogP contribution >= 0.6 is 0 Å². The number of ether oxygens (including phenoxy) is 2. The van der Waals surface area contributed by atoms with Crippen LogP contribution in [0.3, 0.4) is 0 Å². The molecule has 0 spiro atoms. The molecule has 0 N–H and O–H groups in total. The Morgan fingerprint density at radius 3 is 2.71 bits per heavy atom. The Bertz CT molecular complexity index is 884. The Morgan fingerprint density at radius 1 is 1.17 bits per heavy atom. The van der Waals surface area contributed by atoms with E-state index in [1.54, 1.807) is 24.4 Å². The lowest BCUT2D eigenvalue weighted by molar-refractivity contribution is 0.0600. The third kappa shape index (κ3) is 3.30. The fraction of sp³-hybridized carbons (Fsp3) is 0.158. The molecule has 0 aliphatic rings. The van der Waals surface area contributed by atoms with Gasteiger partial charge in [0.1, 0.15) is 11.5 Å². The van der Waals surface area contributed by atoms with Crippen LogP contribution in [0, 0.1) is 6.92 Å².